The largest absolute Gasteiger partial charge is 0.489 e. The van der Waals surface area contributed by atoms with E-state index >= 15 is 0 Å². The summed E-state index contributed by atoms with van der Waals surface area (Å²) in [7, 11) is 0. The molecule has 1 fully saturated rings. The zero-order chi connectivity index (χ0) is 14.0. The van der Waals surface area contributed by atoms with Gasteiger partial charge in [0.05, 0.1) is 17.8 Å². The molecule has 1 saturated heterocycles. The van der Waals surface area contributed by atoms with Crippen LogP contribution in [-0.4, -0.2) is 24.1 Å². The van der Waals surface area contributed by atoms with E-state index in [1.54, 1.807) is 0 Å². The van der Waals surface area contributed by atoms with Crippen LogP contribution >= 0.6 is 15.9 Å². The van der Waals surface area contributed by atoms with E-state index in [4.69, 9.17) is 20.6 Å². The predicted molar refractivity (Wildman–Crippen MR) is 78.8 cm³/mol. The summed E-state index contributed by atoms with van der Waals surface area (Å²) in [6.07, 6.45) is 2.23. The minimum atomic E-state index is 0.0180. The molecule has 2 rings (SSSR count). The monoisotopic (exact) mass is 326 g/mol. The highest BCUT2D eigenvalue weighted by Crippen LogP contribution is 2.28. The maximum Gasteiger partial charge on any atom is 0.130 e. The Labute approximate surface area is 121 Å². The Kier molecular flexibility index (Phi) is 4.47. The van der Waals surface area contributed by atoms with E-state index in [0.717, 1.165) is 17.3 Å². The van der Waals surface area contributed by atoms with Gasteiger partial charge in [0.25, 0.3) is 0 Å². The molecule has 1 aromatic rings. The number of nitrogens with two attached hydrogens (primary N) is 1. The summed E-state index contributed by atoms with van der Waals surface area (Å²) in [6, 6.07) is 5.56. The normalized spacial score (nSPS) is 27.0. The third kappa shape index (κ3) is 3.70. The molecule has 0 amide bonds. The van der Waals surface area contributed by atoms with Gasteiger partial charge in [-0.1, -0.05) is 15.9 Å². The van der Waals surface area contributed by atoms with Crippen LogP contribution in [0.2, 0.25) is 0 Å². The van der Waals surface area contributed by atoms with Crippen LogP contribution in [0.15, 0.2) is 22.7 Å². The molecule has 1 aliphatic heterocycles. The Morgan fingerprint density at radius 1 is 1.37 bits per heavy atom. The van der Waals surface area contributed by atoms with Gasteiger partial charge >= 0.3 is 0 Å². The van der Waals surface area contributed by atoms with Gasteiger partial charge in [-0.15, -0.1) is 0 Å². The summed E-state index contributed by atoms with van der Waals surface area (Å²) >= 11 is 3.38. The molecule has 1 heterocycles. The molecule has 2 atom stereocenters. The topological polar surface area (TPSA) is 68.3 Å². The zero-order valence-electron chi connectivity index (χ0n) is 11.2. The Morgan fingerprint density at radius 2 is 2.00 bits per heavy atom. The van der Waals surface area contributed by atoms with Crippen molar-refractivity contribution in [2.75, 3.05) is 0 Å². The maximum atomic E-state index is 7.62. The number of rotatable bonds is 3. The van der Waals surface area contributed by atoms with Crippen LogP contribution in [0.5, 0.6) is 5.75 Å². The minimum Gasteiger partial charge on any atom is -0.489 e. The Bertz CT molecular complexity index is 469. The second kappa shape index (κ2) is 5.92. The lowest BCUT2D eigenvalue weighted by Crippen LogP contribution is -2.36. The number of amidine groups is 1. The fraction of sp³-hybridized carbons (Fsp3) is 0.500. The van der Waals surface area contributed by atoms with Crippen molar-refractivity contribution >= 4 is 21.8 Å². The summed E-state index contributed by atoms with van der Waals surface area (Å²) in [5, 5.41) is 7.62. The van der Waals surface area contributed by atoms with E-state index in [-0.39, 0.29) is 24.1 Å². The summed E-state index contributed by atoms with van der Waals surface area (Å²) in [5.74, 6) is 0.687. The van der Waals surface area contributed by atoms with Gasteiger partial charge in [-0.2, -0.15) is 0 Å². The second-order valence-electron chi connectivity index (χ2n) is 5.02. The Balaban J connectivity index is 2.16. The molecule has 1 aliphatic rings. The maximum absolute atomic E-state index is 7.62. The van der Waals surface area contributed by atoms with Crippen molar-refractivity contribution in [3.63, 3.8) is 0 Å². The van der Waals surface area contributed by atoms with Crippen LogP contribution in [-0.2, 0) is 4.74 Å². The third-order valence-corrected chi connectivity index (χ3v) is 3.67. The number of hydrogen-bond acceptors (Lipinski definition) is 3. The first-order valence-corrected chi connectivity index (χ1v) is 7.21. The van der Waals surface area contributed by atoms with Crippen molar-refractivity contribution in [3.05, 3.63) is 28.2 Å². The van der Waals surface area contributed by atoms with Crippen LogP contribution in [0.4, 0.5) is 0 Å². The van der Waals surface area contributed by atoms with Crippen LogP contribution < -0.4 is 10.5 Å². The zero-order valence-corrected chi connectivity index (χ0v) is 12.7. The molecule has 3 N–H and O–H groups in total. The average molecular weight is 327 g/mol. The molecular weight excluding hydrogens is 308 g/mol. The van der Waals surface area contributed by atoms with E-state index in [1.807, 2.05) is 18.2 Å². The first kappa shape index (κ1) is 14.3. The van der Waals surface area contributed by atoms with Crippen LogP contribution in [0, 0.1) is 5.41 Å². The minimum absolute atomic E-state index is 0.0180. The van der Waals surface area contributed by atoms with Crippen LogP contribution in [0.3, 0.4) is 0 Å². The van der Waals surface area contributed by atoms with Gasteiger partial charge in [-0.3, -0.25) is 5.41 Å². The van der Waals surface area contributed by atoms with Gasteiger partial charge in [0.15, 0.2) is 0 Å². The van der Waals surface area contributed by atoms with Crippen molar-refractivity contribution in [2.24, 2.45) is 5.73 Å². The molecule has 0 bridgehead atoms. The molecule has 0 aliphatic carbocycles. The predicted octanol–water partition coefficient (Wildman–Crippen LogP) is 3.07. The molecule has 0 aromatic heterocycles. The molecule has 5 heteroatoms. The third-order valence-electron chi connectivity index (χ3n) is 3.18. The van der Waals surface area contributed by atoms with Crippen molar-refractivity contribution < 1.29 is 9.47 Å². The van der Waals surface area contributed by atoms with Gasteiger partial charge in [0.1, 0.15) is 17.7 Å². The number of ether oxygens (including phenoxy) is 2. The first-order chi connectivity index (χ1) is 8.95. The quantitative estimate of drug-likeness (QED) is 0.662. The van der Waals surface area contributed by atoms with Gasteiger partial charge in [0.2, 0.25) is 0 Å². The lowest BCUT2D eigenvalue weighted by atomic mass is 10.0. The molecule has 19 heavy (non-hydrogen) atoms. The number of halogens is 1. The summed E-state index contributed by atoms with van der Waals surface area (Å²) < 4.78 is 12.6. The number of hydrogen-bond donors (Lipinski definition) is 2. The van der Waals surface area contributed by atoms with Crippen molar-refractivity contribution in [3.8, 4) is 5.75 Å². The van der Waals surface area contributed by atoms with Crippen molar-refractivity contribution in [1.29, 1.82) is 5.41 Å². The highest BCUT2D eigenvalue weighted by Gasteiger charge is 2.26. The van der Waals surface area contributed by atoms with Crippen molar-refractivity contribution in [1.82, 2.24) is 0 Å². The highest BCUT2D eigenvalue weighted by atomic mass is 79.9. The molecule has 104 valence electrons. The highest BCUT2D eigenvalue weighted by molar-refractivity contribution is 9.10. The first-order valence-electron chi connectivity index (χ1n) is 6.41. The van der Waals surface area contributed by atoms with E-state index in [1.165, 1.54) is 0 Å². The fourth-order valence-corrected chi connectivity index (χ4v) is 2.80. The van der Waals surface area contributed by atoms with E-state index in [9.17, 15) is 0 Å². The second-order valence-corrected chi connectivity index (χ2v) is 5.94. The van der Waals surface area contributed by atoms with E-state index in [2.05, 4.69) is 29.8 Å². The molecule has 2 unspecified atom stereocenters. The number of nitrogen functional groups attached to an aromatic ring is 1. The molecule has 1 aromatic carbocycles. The summed E-state index contributed by atoms with van der Waals surface area (Å²) in [6.45, 7) is 4.11. The Morgan fingerprint density at radius 3 is 2.58 bits per heavy atom. The number of benzene rings is 1. The van der Waals surface area contributed by atoms with Crippen molar-refractivity contribution in [2.45, 2.75) is 45.0 Å². The molecule has 4 nitrogen and oxygen atoms in total. The van der Waals surface area contributed by atoms with E-state index in [0.29, 0.717) is 11.3 Å². The molecular formula is C14H19BrN2O2. The number of nitrogens with one attached hydrogen (secondary N) is 1. The van der Waals surface area contributed by atoms with E-state index < -0.39 is 0 Å². The summed E-state index contributed by atoms with van der Waals surface area (Å²) in [5.41, 5.74) is 6.23. The SMILES string of the molecule is CC1CC(Oc2ccc(Br)cc2C(=N)N)CC(C)O1. The average Bonchev–Trinajstić information content (AvgIpc) is 2.30. The lowest BCUT2D eigenvalue weighted by Gasteiger charge is -2.32. The fourth-order valence-electron chi connectivity index (χ4n) is 2.44. The van der Waals surface area contributed by atoms with Gasteiger partial charge in [-0.25, -0.2) is 0 Å². The van der Waals surface area contributed by atoms with Crippen LogP contribution in [0.1, 0.15) is 32.3 Å². The lowest BCUT2D eigenvalue weighted by molar-refractivity contribution is -0.0721. The molecule has 0 spiro atoms. The van der Waals surface area contributed by atoms with Gasteiger partial charge in [0, 0.05) is 17.3 Å². The summed E-state index contributed by atoms with van der Waals surface area (Å²) in [4.78, 5) is 0. The Hall–Kier alpha value is -1.07. The standard InChI is InChI=1S/C14H19BrN2O2/c1-8-5-11(6-9(2)18-8)19-13-4-3-10(15)7-12(13)14(16)17/h3-4,7-9,11H,5-6H2,1-2H3,(H3,16,17). The smallest absolute Gasteiger partial charge is 0.130 e. The van der Waals surface area contributed by atoms with Gasteiger partial charge < -0.3 is 15.2 Å². The van der Waals surface area contributed by atoms with Crippen LogP contribution in [0.25, 0.3) is 0 Å². The van der Waals surface area contributed by atoms with Gasteiger partial charge in [-0.05, 0) is 32.0 Å². The molecule has 0 saturated carbocycles. The molecule has 0 radical (unpaired) electrons.